The van der Waals surface area contributed by atoms with Crippen molar-refractivity contribution in [1.82, 2.24) is 5.32 Å². The Kier molecular flexibility index (Phi) is 4.99. The molecule has 3 nitrogen and oxygen atoms in total. The van der Waals surface area contributed by atoms with Gasteiger partial charge in [0, 0.05) is 24.2 Å². The number of benzene rings is 1. The van der Waals surface area contributed by atoms with Gasteiger partial charge in [0.25, 0.3) is 0 Å². The van der Waals surface area contributed by atoms with Gasteiger partial charge in [-0.05, 0) is 45.8 Å². The molecule has 2 aromatic rings. The molecule has 1 amide bonds. The van der Waals surface area contributed by atoms with Crippen LogP contribution in [-0.2, 0) is 17.8 Å². The summed E-state index contributed by atoms with van der Waals surface area (Å²) in [6.45, 7) is 0.811. The molecule has 2 N–H and O–H groups in total. The van der Waals surface area contributed by atoms with Gasteiger partial charge in [-0.15, -0.1) is 11.3 Å². The fraction of sp³-hybridized carbons (Fsp3) is 0.214. The molecule has 0 unspecified atom stereocenters. The molecule has 2 rings (SSSR count). The standard InChI is InChI=1S/C14H15BrN2OS/c1-16-14(18)8-10-2-4-11(5-3-10)17-9-12-6-7-13(15)19-12/h2-7,17H,8-9H2,1H3,(H,16,18). The molecule has 0 saturated heterocycles. The number of carbonyl (C=O) groups excluding carboxylic acids is 1. The molecule has 0 fully saturated rings. The molecule has 0 aliphatic rings. The molecule has 0 atom stereocenters. The first-order chi connectivity index (χ1) is 9.17. The smallest absolute Gasteiger partial charge is 0.224 e. The van der Waals surface area contributed by atoms with E-state index in [1.807, 2.05) is 30.3 Å². The predicted molar refractivity (Wildman–Crippen MR) is 83.6 cm³/mol. The average Bonchev–Trinajstić information content (AvgIpc) is 2.83. The number of hydrogen-bond acceptors (Lipinski definition) is 3. The molecule has 5 heteroatoms. The molecule has 0 aliphatic heterocycles. The molecule has 100 valence electrons. The van der Waals surface area contributed by atoms with Crippen LogP contribution in [0.4, 0.5) is 5.69 Å². The lowest BCUT2D eigenvalue weighted by atomic mass is 10.1. The molecular formula is C14H15BrN2OS. The van der Waals surface area contributed by atoms with Crippen molar-refractivity contribution >= 4 is 38.9 Å². The number of carbonyl (C=O) groups is 1. The first kappa shape index (κ1) is 14.1. The second-order valence-corrected chi connectivity index (χ2v) is 6.65. The Balaban J connectivity index is 1.89. The van der Waals surface area contributed by atoms with Gasteiger partial charge in [-0.1, -0.05) is 12.1 Å². The monoisotopic (exact) mass is 338 g/mol. The Hall–Kier alpha value is -1.33. The molecule has 0 saturated carbocycles. The second kappa shape index (κ2) is 6.73. The molecule has 19 heavy (non-hydrogen) atoms. The van der Waals surface area contributed by atoms with Crippen LogP contribution in [0.15, 0.2) is 40.2 Å². The Bertz CT molecular complexity index is 551. The molecule has 1 heterocycles. The summed E-state index contributed by atoms with van der Waals surface area (Å²) in [6.07, 6.45) is 0.425. The van der Waals surface area contributed by atoms with Gasteiger partial charge in [-0.25, -0.2) is 0 Å². The van der Waals surface area contributed by atoms with Gasteiger partial charge in [0.2, 0.25) is 5.91 Å². The summed E-state index contributed by atoms with van der Waals surface area (Å²) in [4.78, 5) is 12.5. The normalized spacial score (nSPS) is 10.2. The molecule has 0 bridgehead atoms. The summed E-state index contributed by atoms with van der Waals surface area (Å²) < 4.78 is 1.14. The van der Waals surface area contributed by atoms with Crippen molar-refractivity contribution in [3.63, 3.8) is 0 Å². The van der Waals surface area contributed by atoms with E-state index in [9.17, 15) is 4.79 Å². The lowest BCUT2D eigenvalue weighted by Crippen LogP contribution is -2.19. The van der Waals surface area contributed by atoms with E-state index in [1.165, 1.54) is 4.88 Å². The lowest BCUT2D eigenvalue weighted by Gasteiger charge is -2.06. The molecule has 0 aliphatic carbocycles. The van der Waals surface area contributed by atoms with Crippen LogP contribution in [0.3, 0.4) is 0 Å². The van der Waals surface area contributed by atoms with Crippen LogP contribution >= 0.6 is 27.3 Å². The van der Waals surface area contributed by atoms with Crippen LogP contribution in [0.2, 0.25) is 0 Å². The van der Waals surface area contributed by atoms with Gasteiger partial charge in [-0.2, -0.15) is 0 Å². The molecular weight excluding hydrogens is 324 g/mol. The molecule has 0 radical (unpaired) electrons. The van der Waals surface area contributed by atoms with E-state index in [1.54, 1.807) is 18.4 Å². The number of anilines is 1. The SMILES string of the molecule is CNC(=O)Cc1ccc(NCc2ccc(Br)s2)cc1. The van der Waals surface area contributed by atoms with Crippen molar-refractivity contribution in [2.45, 2.75) is 13.0 Å². The average molecular weight is 339 g/mol. The number of rotatable bonds is 5. The summed E-state index contributed by atoms with van der Waals surface area (Å²) in [6, 6.07) is 12.1. The number of nitrogens with one attached hydrogen (secondary N) is 2. The minimum atomic E-state index is 0.0316. The van der Waals surface area contributed by atoms with Gasteiger partial charge < -0.3 is 10.6 Å². The summed E-state index contributed by atoms with van der Waals surface area (Å²) >= 11 is 5.17. The van der Waals surface area contributed by atoms with Gasteiger partial charge in [0.05, 0.1) is 10.2 Å². The highest BCUT2D eigenvalue weighted by Crippen LogP contribution is 2.23. The van der Waals surface area contributed by atoms with Crippen LogP contribution in [0, 0.1) is 0 Å². The van der Waals surface area contributed by atoms with Crippen molar-refractivity contribution in [3.8, 4) is 0 Å². The van der Waals surface area contributed by atoms with Crippen molar-refractivity contribution < 1.29 is 4.79 Å². The highest BCUT2D eigenvalue weighted by Gasteiger charge is 2.01. The maximum atomic E-state index is 11.2. The zero-order chi connectivity index (χ0) is 13.7. The number of thiophene rings is 1. The minimum Gasteiger partial charge on any atom is -0.380 e. The van der Waals surface area contributed by atoms with Crippen LogP contribution < -0.4 is 10.6 Å². The van der Waals surface area contributed by atoms with E-state index in [2.05, 4.69) is 32.6 Å². The Labute approximate surface area is 125 Å². The predicted octanol–water partition coefficient (Wildman–Crippen LogP) is 3.41. The third-order valence-electron chi connectivity index (χ3n) is 2.69. The quantitative estimate of drug-likeness (QED) is 0.877. The summed E-state index contributed by atoms with van der Waals surface area (Å²) in [5.41, 5.74) is 2.08. The number of hydrogen-bond donors (Lipinski definition) is 2. The van der Waals surface area contributed by atoms with Crippen LogP contribution in [0.5, 0.6) is 0 Å². The van der Waals surface area contributed by atoms with E-state index in [0.717, 1.165) is 21.6 Å². The Morgan fingerprint density at radius 1 is 1.21 bits per heavy atom. The zero-order valence-electron chi connectivity index (χ0n) is 10.6. The Morgan fingerprint density at radius 3 is 2.53 bits per heavy atom. The lowest BCUT2D eigenvalue weighted by molar-refractivity contribution is -0.119. The maximum absolute atomic E-state index is 11.2. The highest BCUT2D eigenvalue weighted by atomic mass is 79.9. The van der Waals surface area contributed by atoms with Gasteiger partial charge in [-0.3, -0.25) is 4.79 Å². The van der Waals surface area contributed by atoms with E-state index >= 15 is 0 Å². The first-order valence-electron chi connectivity index (χ1n) is 5.95. The largest absolute Gasteiger partial charge is 0.380 e. The second-order valence-electron chi connectivity index (χ2n) is 4.11. The fourth-order valence-electron chi connectivity index (χ4n) is 1.65. The van der Waals surface area contributed by atoms with E-state index in [4.69, 9.17) is 0 Å². The Morgan fingerprint density at radius 2 is 1.95 bits per heavy atom. The van der Waals surface area contributed by atoms with Gasteiger partial charge in [0.15, 0.2) is 0 Å². The third-order valence-corrected chi connectivity index (χ3v) is 4.32. The zero-order valence-corrected chi connectivity index (χ0v) is 13.0. The van der Waals surface area contributed by atoms with Crippen molar-refractivity contribution in [1.29, 1.82) is 0 Å². The van der Waals surface area contributed by atoms with Crippen LogP contribution in [-0.4, -0.2) is 13.0 Å². The topological polar surface area (TPSA) is 41.1 Å². The van der Waals surface area contributed by atoms with E-state index in [-0.39, 0.29) is 5.91 Å². The van der Waals surface area contributed by atoms with Gasteiger partial charge >= 0.3 is 0 Å². The van der Waals surface area contributed by atoms with Crippen molar-refractivity contribution in [3.05, 3.63) is 50.6 Å². The third kappa shape index (κ3) is 4.36. The molecule has 1 aromatic carbocycles. The van der Waals surface area contributed by atoms with E-state index < -0.39 is 0 Å². The fourth-order valence-corrected chi connectivity index (χ4v) is 3.07. The number of likely N-dealkylation sites (N-methyl/N-ethyl adjacent to an activating group) is 1. The number of halogens is 1. The highest BCUT2D eigenvalue weighted by molar-refractivity contribution is 9.11. The minimum absolute atomic E-state index is 0.0316. The molecule has 1 aromatic heterocycles. The maximum Gasteiger partial charge on any atom is 0.224 e. The summed E-state index contributed by atoms with van der Waals surface area (Å²) in [5.74, 6) is 0.0316. The van der Waals surface area contributed by atoms with E-state index in [0.29, 0.717) is 6.42 Å². The van der Waals surface area contributed by atoms with Crippen LogP contribution in [0.1, 0.15) is 10.4 Å². The van der Waals surface area contributed by atoms with Gasteiger partial charge in [0.1, 0.15) is 0 Å². The number of amides is 1. The summed E-state index contributed by atoms with van der Waals surface area (Å²) in [7, 11) is 1.65. The summed E-state index contributed by atoms with van der Waals surface area (Å²) in [5, 5.41) is 5.98. The van der Waals surface area contributed by atoms with Crippen molar-refractivity contribution in [2.24, 2.45) is 0 Å². The van der Waals surface area contributed by atoms with Crippen LogP contribution in [0.25, 0.3) is 0 Å². The molecule has 0 spiro atoms. The van der Waals surface area contributed by atoms with Crippen molar-refractivity contribution in [2.75, 3.05) is 12.4 Å². The first-order valence-corrected chi connectivity index (χ1v) is 7.56.